The molecule has 0 radical (unpaired) electrons. The summed E-state index contributed by atoms with van der Waals surface area (Å²) in [6.45, 7) is 0. The van der Waals surface area contributed by atoms with Crippen LogP contribution in [0.3, 0.4) is 0 Å². The predicted molar refractivity (Wildman–Crippen MR) is 170 cm³/mol. The van der Waals surface area contributed by atoms with Gasteiger partial charge in [0.1, 0.15) is 5.37 Å². The normalized spacial score (nSPS) is 14.2. The van der Waals surface area contributed by atoms with Gasteiger partial charge in [-0.2, -0.15) is 0 Å². The van der Waals surface area contributed by atoms with Gasteiger partial charge in [-0.15, -0.1) is 0 Å². The van der Waals surface area contributed by atoms with Crippen LogP contribution in [0, 0.1) is 0 Å². The molecule has 0 fully saturated rings. The molecule has 1 aliphatic heterocycles. The first-order valence-electron chi connectivity index (χ1n) is 13.7. The van der Waals surface area contributed by atoms with E-state index in [0.717, 1.165) is 22.4 Å². The number of hydrogen-bond donors (Lipinski definition) is 1. The number of benzene rings is 6. The van der Waals surface area contributed by atoms with E-state index in [1.54, 1.807) is 0 Å². The number of aromatic nitrogens is 3. The van der Waals surface area contributed by atoms with Crippen molar-refractivity contribution in [2.75, 3.05) is 5.32 Å². The van der Waals surface area contributed by atoms with Crippen LogP contribution < -0.4 is 5.32 Å². The highest BCUT2D eigenvalue weighted by molar-refractivity contribution is 8.00. The maximum atomic E-state index is 4.95. The van der Waals surface area contributed by atoms with Crippen molar-refractivity contribution in [1.82, 2.24) is 15.0 Å². The van der Waals surface area contributed by atoms with Crippen molar-refractivity contribution < 1.29 is 0 Å². The average Bonchev–Trinajstić information content (AvgIpc) is 3.50. The van der Waals surface area contributed by atoms with Crippen LogP contribution >= 0.6 is 11.8 Å². The van der Waals surface area contributed by atoms with Crippen molar-refractivity contribution in [2.24, 2.45) is 0 Å². The monoisotopic (exact) mass is 544 g/mol. The molecule has 0 saturated heterocycles. The molecule has 8 rings (SSSR count). The van der Waals surface area contributed by atoms with Gasteiger partial charge in [0.25, 0.3) is 0 Å². The van der Waals surface area contributed by atoms with E-state index in [0.29, 0.717) is 17.5 Å². The van der Waals surface area contributed by atoms with Gasteiger partial charge in [-0.3, -0.25) is 0 Å². The zero-order chi connectivity index (χ0) is 27.2. The third-order valence-electron chi connectivity index (χ3n) is 7.56. The van der Waals surface area contributed by atoms with Gasteiger partial charge in [0.15, 0.2) is 17.5 Å². The van der Waals surface area contributed by atoms with Gasteiger partial charge < -0.3 is 5.32 Å². The molecule has 0 amide bonds. The maximum absolute atomic E-state index is 4.95. The fraction of sp³-hybridized carbons (Fsp3) is 0.0278. The molecular weight excluding hydrogens is 520 g/mol. The summed E-state index contributed by atoms with van der Waals surface area (Å²) in [6.07, 6.45) is 0. The van der Waals surface area contributed by atoms with Crippen LogP contribution in [-0.2, 0) is 0 Å². The summed E-state index contributed by atoms with van der Waals surface area (Å²) in [6, 6.07) is 46.3. The Bertz CT molecular complexity index is 2000. The zero-order valence-corrected chi connectivity index (χ0v) is 22.8. The molecule has 41 heavy (non-hydrogen) atoms. The van der Waals surface area contributed by atoms with Crippen LogP contribution in [0.1, 0.15) is 10.9 Å². The Kier molecular flexibility index (Phi) is 5.75. The van der Waals surface area contributed by atoms with Gasteiger partial charge in [0, 0.05) is 27.3 Å². The van der Waals surface area contributed by atoms with E-state index >= 15 is 0 Å². The van der Waals surface area contributed by atoms with E-state index in [9.17, 15) is 0 Å². The maximum Gasteiger partial charge on any atom is 0.164 e. The molecule has 6 aromatic carbocycles. The second-order valence-corrected chi connectivity index (χ2v) is 11.2. The third kappa shape index (κ3) is 4.31. The topological polar surface area (TPSA) is 50.7 Å². The molecule has 1 atom stereocenters. The van der Waals surface area contributed by atoms with Gasteiger partial charge in [0.2, 0.25) is 0 Å². The highest BCUT2D eigenvalue weighted by Gasteiger charge is 2.26. The molecule has 2 heterocycles. The van der Waals surface area contributed by atoms with Crippen molar-refractivity contribution in [3.05, 3.63) is 139 Å². The zero-order valence-electron chi connectivity index (χ0n) is 22.0. The summed E-state index contributed by atoms with van der Waals surface area (Å²) >= 11 is 1.87. The molecule has 1 aliphatic rings. The van der Waals surface area contributed by atoms with Crippen LogP contribution in [0.15, 0.2) is 138 Å². The van der Waals surface area contributed by atoms with Crippen LogP contribution in [0.2, 0.25) is 0 Å². The number of rotatable bonds is 4. The summed E-state index contributed by atoms with van der Waals surface area (Å²) in [7, 11) is 0. The van der Waals surface area contributed by atoms with Crippen molar-refractivity contribution in [1.29, 1.82) is 0 Å². The first-order valence-corrected chi connectivity index (χ1v) is 14.5. The number of fused-ring (bicyclic) bond motifs is 4. The van der Waals surface area contributed by atoms with Gasteiger partial charge in [0.05, 0.1) is 0 Å². The van der Waals surface area contributed by atoms with Gasteiger partial charge >= 0.3 is 0 Å². The van der Waals surface area contributed by atoms with Gasteiger partial charge in [-0.05, 0) is 39.2 Å². The molecular formula is C36H24N4S. The van der Waals surface area contributed by atoms with E-state index in [2.05, 4.69) is 78.1 Å². The lowest BCUT2D eigenvalue weighted by atomic mass is 10.0. The van der Waals surface area contributed by atoms with E-state index in [4.69, 9.17) is 15.0 Å². The molecule has 4 nitrogen and oxygen atoms in total. The van der Waals surface area contributed by atoms with E-state index in [1.807, 2.05) is 72.4 Å². The van der Waals surface area contributed by atoms with Crippen molar-refractivity contribution >= 4 is 39.0 Å². The summed E-state index contributed by atoms with van der Waals surface area (Å²) < 4.78 is 0. The van der Waals surface area contributed by atoms with Gasteiger partial charge in [-0.25, -0.2) is 15.0 Å². The minimum atomic E-state index is 0.136. The molecule has 0 bridgehead atoms. The van der Waals surface area contributed by atoms with Crippen LogP contribution in [0.5, 0.6) is 0 Å². The lowest BCUT2D eigenvalue weighted by Gasteiger charge is -2.13. The van der Waals surface area contributed by atoms with Crippen LogP contribution in [0.4, 0.5) is 5.69 Å². The fourth-order valence-corrected chi connectivity index (χ4v) is 6.83. The molecule has 1 aromatic heterocycles. The first kappa shape index (κ1) is 23.9. The number of anilines is 1. The number of hydrogen-bond acceptors (Lipinski definition) is 5. The summed E-state index contributed by atoms with van der Waals surface area (Å²) in [5.74, 6) is 2.00. The van der Waals surface area contributed by atoms with Crippen molar-refractivity contribution in [3.8, 4) is 34.2 Å². The lowest BCUT2D eigenvalue weighted by molar-refractivity contribution is 1.07. The molecule has 0 saturated carbocycles. The number of thioether (sulfide) groups is 1. The van der Waals surface area contributed by atoms with Crippen LogP contribution in [0.25, 0.3) is 55.7 Å². The van der Waals surface area contributed by atoms with E-state index in [1.165, 1.54) is 32.0 Å². The Hall–Kier alpha value is -5.00. The summed E-state index contributed by atoms with van der Waals surface area (Å²) in [5.41, 5.74) is 5.35. The second kappa shape index (κ2) is 9.88. The SMILES string of the molecule is c1ccc(-c2nc(-c3ccccc3)nc(-c3ccc4ccc5c(c4c3)SC(c3cccc4ccccc34)N5)n2)cc1. The highest BCUT2D eigenvalue weighted by Crippen LogP contribution is 2.51. The molecule has 5 heteroatoms. The van der Waals surface area contributed by atoms with E-state index < -0.39 is 0 Å². The minimum Gasteiger partial charge on any atom is -0.368 e. The Morgan fingerprint density at radius 3 is 1.80 bits per heavy atom. The largest absolute Gasteiger partial charge is 0.368 e. The lowest BCUT2D eigenvalue weighted by Crippen LogP contribution is -2.01. The number of nitrogens with one attached hydrogen (secondary N) is 1. The van der Waals surface area contributed by atoms with Crippen molar-refractivity contribution in [2.45, 2.75) is 10.3 Å². The highest BCUT2D eigenvalue weighted by atomic mass is 32.2. The third-order valence-corrected chi connectivity index (χ3v) is 8.84. The molecule has 194 valence electrons. The minimum absolute atomic E-state index is 0.136. The Morgan fingerprint density at radius 1 is 0.488 bits per heavy atom. The number of nitrogens with zero attached hydrogens (tertiary/aromatic N) is 3. The molecule has 0 spiro atoms. The molecule has 7 aromatic rings. The standard InChI is InChI=1S/C36H24N4S/c1-3-11-25(12-4-1)33-38-34(26-13-5-2-6-14-26)40-35(39-33)27-19-18-24-20-21-31-32(30(24)22-27)41-36(37-31)29-17-9-15-23-10-7-8-16-28(23)29/h1-22,36-37H. The summed E-state index contributed by atoms with van der Waals surface area (Å²) in [4.78, 5) is 16.0. The first-order chi connectivity index (χ1) is 20.3. The Morgan fingerprint density at radius 2 is 1.07 bits per heavy atom. The smallest absolute Gasteiger partial charge is 0.164 e. The van der Waals surface area contributed by atoms with Gasteiger partial charge in [-0.1, -0.05) is 133 Å². The average molecular weight is 545 g/mol. The Labute approximate surface area is 242 Å². The molecule has 1 N–H and O–H groups in total. The van der Waals surface area contributed by atoms with Crippen molar-refractivity contribution in [3.63, 3.8) is 0 Å². The van der Waals surface area contributed by atoms with E-state index in [-0.39, 0.29) is 5.37 Å². The Balaban J connectivity index is 1.24. The predicted octanol–water partition coefficient (Wildman–Crippen LogP) is 9.40. The quantitative estimate of drug-likeness (QED) is 0.239. The molecule has 0 aliphatic carbocycles. The second-order valence-electron chi connectivity index (χ2n) is 10.1. The summed E-state index contributed by atoms with van der Waals surface area (Å²) in [5, 5.41) is 8.85. The van der Waals surface area contributed by atoms with Crippen LogP contribution in [-0.4, -0.2) is 15.0 Å². The molecule has 1 unspecified atom stereocenters. The fourth-order valence-electron chi connectivity index (χ4n) is 5.52.